The maximum Gasteiger partial charge on any atom is 0.307 e. The van der Waals surface area contributed by atoms with E-state index >= 15 is 0 Å². The molecule has 6 nitrogen and oxygen atoms in total. The lowest BCUT2D eigenvalue weighted by atomic mass is 9.98. The number of carbonyl (C=O) groups excluding carboxylic acids is 2. The zero-order valence-corrected chi connectivity index (χ0v) is 16.0. The summed E-state index contributed by atoms with van der Waals surface area (Å²) < 4.78 is 6.51. The molecule has 0 aliphatic rings. The number of rotatable bonds is 7. The Balaban J connectivity index is 1.76. The van der Waals surface area contributed by atoms with Crippen LogP contribution in [0.2, 0.25) is 0 Å². The lowest BCUT2D eigenvalue weighted by molar-refractivity contribution is -0.141. The molecule has 144 valence electrons. The smallest absolute Gasteiger partial charge is 0.307 e. The highest BCUT2D eigenvalue weighted by Gasteiger charge is 2.16. The van der Waals surface area contributed by atoms with Crippen LogP contribution in [0.3, 0.4) is 0 Å². The van der Waals surface area contributed by atoms with Gasteiger partial charge in [-0.3, -0.25) is 14.3 Å². The third kappa shape index (κ3) is 4.85. The van der Waals surface area contributed by atoms with Gasteiger partial charge in [-0.1, -0.05) is 42.5 Å². The Labute approximate surface area is 164 Å². The number of aromatic nitrogens is 2. The zero-order chi connectivity index (χ0) is 19.9. The average Bonchev–Trinajstić information content (AvgIpc) is 3.21. The summed E-state index contributed by atoms with van der Waals surface area (Å²) in [7, 11) is 1.34. The Morgan fingerprint density at radius 3 is 2.54 bits per heavy atom. The number of carbonyl (C=O) groups is 2. The van der Waals surface area contributed by atoms with Crippen LogP contribution >= 0.6 is 0 Å². The minimum atomic E-state index is -0.353. The Hall–Kier alpha value is -3.41. The molecule has 0 spiro atoms. The maximum atomic E-state index is 12.7. The highest BCUT2D eigenvalue weighted by Crippen LogP contribution is 2.24. The van der Waals surface area contributed by atoms with Crippen molar-refractivity contribution in [2.24, 2.45) is 0 Å². The second kappa shape index (κ2) is 8.99. The molecular weight excluding hydrogens is 354 g/mol. The molecular formula is C22H23N3O3. The quantitative estimate of drug-likeness (QED) is 0.642. The topological polar surface area (TPSA) is 73.2 Å². The lowest BCUT2D eigenvalue weighted by Crippen LogP contribution is -2.34. The van der Waals surface area contributed by atoms with Crippen LogP contribution in [0.1, 0.15) is 29.3 Å². The van der Waals surface area contributed by atoms with E-state index in [0.29, 0.717) is 12.1 Å². The summed E-state index contributed by atoms with van der Waals surface area (Å²) in [6.45, 7) is 2.47. The largest absolute Gasteiger partial charge is 0.469 e. The predicted octanol–water partition coefficient (Wildman–Crippen LogP) is 3.28. The molecule has 3 aromatic rings. The van der Waals surface area contributed by atoms with Crippen LogP contribution in [-0.4, -0.2) is 34.8 Å². The van der Waals surface area contributed by atoms with Crippen LogP contribution in [0, 0.1) is 0 Å². The van der Waals surface area contributed by atoms with Gasteiger partial charge in [0.1, 0.15) is 0 Å². The molecule has 0 radical (unpaired) electrons. The summed E-state index contributed by atoms with van der Waals surface area (Å²) >= 11 is 0. The Morgan fingerprint density at radius 2 is 1.86 bits per heavy atom. The Bertz CT molecular complexity index is 934. The van der Waals surface area contributed by atoms with Gasteiger partial charge >= 0.3 is 5.97 Å². The average molecular weight is 377 g/mol. The van der Waals surface area contributed by atoms with Gasteiger partial charge in [-0.2, -0.15) is 5.10 Å². The number of hydrogen-bond donors (Lipinski definition) is 1. The number of esters is 1. The predicted molar refractivity (Wildman–Crippen MR) is 107 cm³/mol. The summed E-state index contributed by atoms with van der Waals surface area (Å²) in [6, 6.07) is 17.1. The van der Waals surface area contributed by atoms with Gasteiger partial charge in [0.15, 0.2) is 0 Å². The molecule has 1 aromatic heterocycles. The SMILES string of the molecule is COC(=O)CC(C)NC(=O)c1ccccc1-c1ccc(Cn2cccn2)cc1. The summed E-state index contributed by atoms with van der Waals surface area (Å²) in [5, 5.41) is 7.08. The van der Waals surface area contributed by atoms with Crippen molar-refractivity contribution in [3.8, 4) is 11.1 Å². The van der Waals surface area contributed by atoms with Gasteiger partial charge in [0.2, 0.25) is 0 Å². The number of nitrogens with zero attached hydrogens (tertiary/aromatic N) is 2. The van der Waals surface area contributed by atoms with E-state index in [1.807, 2.05) is 59.4 Å². The molecule has 1 atom stereocenters. The molecule has 0 aliphatic carbocycles. The molecule has 1 amide bonds. The number of benzene rings is 2. The van der Waals surface area contributed by atoms with Gasteiger partial charge in [-0.05, 0) is 35.7 Å². The fourth-order valence-electron chi connectivity index (χ4n) is 2.99. The van der Waals surface area contributed by atoms with Crippen molar-refractivity contribution in [2.45, 2.75) is 25.9 Å². The lowest BCUT2D eigenvalue weighted by Gasteiger charge is -2.15. The van der Waals surface area contributed by atoms with Crippen molar-refractivity contribution >= 4 is 11.9 Å². The van der Waals surface area contributed by atoms with Crippen LogP contribution in [0.15, 0.2) is 67.0 Å². The molecule has 28 heavy (non-hydrogen) atoms. The first-order valence-corrected chi connectivity index (χ1v) is 9.10. The van der Waals surface area contributed by atoms with Crippen molar-refractivity contribution in [3.63, 3.8) is 0 Å². The van der Waals surface area contributed by atoms with Gasteiger partial charge in [0.25, 0.3) is 5.91 Å². The molecule has 6 heteroatoms. The summed E-state index contributed by atoms with van der Waals surface area (Å²) in [5.41, 5.74) is 3.49. The van der Waals surface area contributed by atoms with Gasteiger partial charge in [-0.15, -0.1) is 0 Å². The first-order chi connectivity index (χ1) is 13.6. The molecule has 3 rings (SSSR count). The van der Waals surface area contributed by atoms with Crippen molar-refractivity contribution in [2.75, 3.05) is 7.11 Å². The van der Waals surface area contributed by atoms with Crippen LogP contribution in [0.25, 0.3) is 11.1 Å². The fourth-order valence-corrected chi connectivity index (χ4v) is 2.99. The first kappa shape index (κ1) is 19.4. The van der Waals surface area contributed by atoms with E-state index in [1.54, 1.807) is 19.2 Å². The minimum Gasteiger partial charge on any atom is -0.469 e. The third-order valence-electron chi connectivity index (χ3n) is 4.42. The minimum absolute atomic E-state index is 0.131. The van der Waals surface area contributed by atoms with Crippen molar-refractivity contribution in [3.05, 3.63) is 78.1 Å². The molecule has 0 saturated heterocycles. The molecule has 0 fully saturated rings. The second-order valence-electron chi connectivity index (χ2n) is 6.60. The molecule has 2 aromatic carbocycles. The van der Waals surface area contributed by atoms with Crippen LogP contribution in [0.4, 0.5) is 0 Å². The maximum absolute atomic E-state index is 12.7. The van der Waals surface area contributed by atoms with Crippen molar-refractivity contribution in [1.82, 2.24) is 15.1 Å². The summed E-state index contributed by atoms with van der Waals surface area (Å²) in [5.74, 6) is -0.568. The Morgan fingerprint density at radius 1 is 1.11 bits per heavy atom. The van der Waals surface area contributed by atoms with Crippen molar-refractivity contribution < 1.29 is 14.3 Å². The summed E-state index contributed by atoms with van der Waals surface area (Å²) in [6.07, 6.45) is 3.81. The molecule has 1 unspecified atom stereocenters. The third-order valence-corrected chi connectivity index (χ3v) is 4.42. The molecule has 1 heterocycles. The van der Waals surface area contributed by atoms with Crippen LogP contribution in [-0.2, 0) is 16.1 Å². The molecule has 0 bridgehead atoms. The summed E-state index contributed by atoms with van der Waals surface area (Å²) in [4.78, 5) is 24.1. The highest BCUT2D eigenvalue weighted by atomic mass is 16.5. The normalized spacial score (nSPS) is 11.6. The van der Waals surface area contributed by atoms with E-state index in [2.05, 4.69) is 15.2 Å². The van der Waals surface area contributed by atoms with E-state index < -0.39 is 0 Å². The van der Waals surface area contributed by atoms with Crippen molar-refractivity contribution in [1.29, 1.82) is 0 Å². The van der Waals surface area contributed by atoms with Crippen LogP contribution < -0.4 is 5.32 Å². The van der Waals surface area contributed by atoms with Gasteiger partial charge in [-0.25, -0.2) is 0 Å². The highest BCUT2D eigenvalue weighted by molar-refractivity contribution is 6.01. The molecule has 0 aliphatic heterocycles. The Kier molecular flexibility index (Phi) is 6.22. The van der Waals surface area contributed by atoms with E-state index in [0.717, 1.165) is 16.7 Å². The van der Waals surface area contributed by atoms with Gasteiger partial charge in [0.05, 0.1) is 20.1 Å². The number of nitrogens with one attached hydrogen (secondary N) is 1. The second-order valence-corrected chi connectivity index (χ2v) is 6.60. The standard InChI is InChI=1S/C22H23N3O3/c1-16(14-21(26)28-2)24-22(27)20-7-4-3-6-19(20)18-10-8-17(9-11-18)15-25-13-5-12-23-25/h3-13,16H,14-15H2,1-2H3,(H,24,27). The molecule has 1 N–H and O–H groups in total. The monoisotopic (exact) mass is 377 g/mol. The zero-order valence-electron chi connectivity index (χ0n) is 16.0. The fraction of sp³-hybridized carbons (Fsp3) is 0.227. The number of methoxy groups -OCH3 is 1. The van der Waals surface area contributed by atoms with Gasteiger partial charge < -0.3 is 10.1 Å². The molecule has 0 saturated carbocycles. The number of amides is 1. The van der Waals surface area contributed by atoms with E-state index in [9.17, 15) is 9.59 Å². The van der Waals surface area contributed by atoms with E-state index in [4.69, 9.17) is 0 Å². The van der Waals surface area contributed by atoms with Gasteiger partial charge in [0, 0.05) is 24.0 Å². The first-order valence-electron chi connectivity index (χ1n) is 9.10. The number of hydrogen-bond acceptors (Lipinski definition) is 4. The van der Waals surface area contributed by atoms with E-state index in [-0.39, 0.29) is 24.3 Å². The van der Waals surface area contributed by atoms with Crippen LogP contribution in [0.5, 0.6) is 0 Å². The number of ether oxygens (including phenoxy) is 1. The van der Waals surface area contributed by atoms with E-state index in [1.165, 1.54) is 7.11 Å².